The Morgan fingerprint density at radius 2 is 2.00 bits per heavy atom. The highest BCUT2D eigenvalue weighted by atomic mass is 32.2. The number of aromatic nitrogens is 1. The number of hydrogen-bond acceptors (Lipinski definition) is 4. The molecular weight excluding hydrogens is 228 g/mol. The van der Waals surface area contributed by atoms with E-state index in [2.05, 4.69) is 9.71 Å². The number of rotatable bonds is 3. The molecule has 1 aromatic carbocycles. The Morgan fingerprint density at radius 1 is 1.31 bits per heavy atom. The van der Waals surface area contributed by atoms with Crippen LogP contribution in [0.2, 0.25) is 0 Å². The maximum Gasteiger partial charge on any atom is 0.331 e. The fourth-order valence-electron chi connectivity index (χ4n) is 1.33. The Kier molecular flexibility index (Phi) is 2.69. The summed E-state index contributed by atoms with van der Waals surface area (Å²) in [6.45, 7) is 3.47. The molecule has 86 valence electrons. The van der Waals surface area contributed by atoms with Crippen molar-refractivity contribution in [3.63, 3.8) is 0 Å². The van der Waals surface area contributed by atoms with Crippen molar-refractivity contribution in [2.45, 2.75) is 25.1 Å². The molecule has 0 fully saturated rings. The number of nitrogens with zero attached hydrogens (tertiary/aromatic N) is 1. The van der Waals surface area contributed by atoms with E-state index in [9.17, 15) is 8.42 Å². The van der Waals surface area contributed by atoms with Gasteiger partial charge in [0.25, 0.3) is 10.0 Å². The van der Waals surface area contributed by atoms with E-state index in [1.807, 2.05) is 0 Å². The van der Waals surface area contributed by atoms with Crippen LogP contribution in [-0.2, 0) is 10.0 Å². The van der Waals surface area contributed by atoms with Crippen LogP contribution in [0.1, 0.15) is 13.8 Å². The molecule has 0 spiro atoms. The van der Waals surface area contributed by atoms with Gasteiger partial charge >= 0.3 is 5.22 Å². The molecule has 0 aliphatic heterocycles. The van der Waals surface area contributed by atoms with E-state index in [0.29, 0.717) is 11.1 Å². The average Bonchev–Trinajstić information content (AvgIpc) is 2.59. The van der Waals surface area contributed by atoms with E-state index in [4.69, 9.17) is 4.42 Å². The number of benzene rings is 1. The minimum atomic E-state index is -3.65. The van der Waals surface area contributed by atoms with E-state index in [0.717, 1.165) is 0 Å². The zero-order valence-electron chi connectivity index (χ0n) is 8.97. The number of nitrogens with one attached hydrogen (secondary N) is 1. The van der Waals surface area contributed by atoms with Gasteiger partial charge in [-0.2, -0.15) is 4.98 Å². The summed E-state index contributed by atoms with van der Waals surface area (Å²) in [5.41, 5.74) is 0.998. The monoisotopic (exact) mass is 240 g/mol. The zero-order valence-corrected chi connectivity index (χ0v) is 9.78. The largest absolute Gasteiger partial charge is 0.427 e. The van der Waals surface area contributed by atoms with Gasteiger partial charge in [-0.3, -0.25) is 0 Å². The van der Waals surface area contributed by atoms with Crippen LogP contribution in [0, 0.1) is 0 Å². The van der Waals surface area contributed by atoms with Gasteiger partial charge < -0.3 is 4.42 Å². The molecule has 1 heterocycles. The van der Waals surface area contributed by atoms with E-state index in [-0.39, 0.29) is 11.3 Å². The number of hydrogen-bond donors (Lipinski definition) is 1. The molecule has 16 heavy (non-hydrogen) atoms. The summed E-state index contributed by atoms with van der Waals surface area (Å²) in [7, 11) is -3.65. The van der Waals surface area contributed by atoms with Gasteiger partial charge in [0.05, 0.1) is 0 Å². The quantitative estimate of drug-likeness (QED) is 0.882. The molecule has 0 saturated heterocycles. The average molecular weight is 240 g/mol. The number of fused-ring (bicyclic) bond motifs is 1. The van der Waals surface area contributed by atoms with Crippen LogP contribution in [0.5, 0.6) is 0 Å². The van der Waals surface area contributed by atoms with Gasteiger partial charge in [0, 0.05) is 6.04 Å². The van der Waals surface area contributed by atoms with Crippen molar-refractivity contribution in [3.8, 4) is 0 Å². The molecule has 0 aliphatic carbocycles. The second kappa shape index (κ2) is 3.88. The summed E-state index contributed by atoms with van der Waals surface area (Å²) in [5, 5.41) is -0.289. The van der Waals surface area contributed by atoms with E-state index < -0.39 is 10.0 Å². The predicted molar refractivity (Wildman–Crippen MR) is 59.5 cm³/mol. The molecule has 0 atom stereocenters. The summed E-state index contributed by atoms with van der Waals surface area (Å²) in [6, 6.07) is 6.72. The maximum absolute atomic E-state index is 11.7. The van der Waals surface area contributed by atoms with Crippen molar-refractivity contribution >= 4 is 21.1 Å². The Hall–Kier alpha value is -1.40. The van der Waals surface area contributed by atoms with E-state index in [1.165, 1.54) is 0 Å². The Labute approximate surface area is 93.5 Å². The summed E-state index contributed by atoms with van der Waals surface area (Å²) >= 11 is 0. The predicted octanol–water partition coefficient (Wildman–Crippen LogP) is 1.51. The lowest BCUT2D eigenvalue weighted by Crippen LogP contribution is -2.30. The molecule has 0 unspecified atom stereocenters. The highest BCUT2D eigenvalue weighted by Crippen LogP contribution is 2.18. The lowest BCUT2D eigenvalue weighted by molar-refractivity contribution is 0.450. The first-order chi connectivity index (χ1) is 7.49. The first-order valence-electron chi connectivity index (χ1n) is 4.87. The lowest BCUT2D eigenvalue weighted by atomic mass is 10.3. The zero-order chi connectivity index (χ0) is 11.8. The van der Waals surface area contributed by atoms with Crippen molar-refractivity contribution in [2.24, 2.45) is 0 Å². The van der Waals surface area contributed by atoms with Crippen molar-refractivity contribution in [1.29, 1.82) is 0 Å². The molecule has 5 nitrogen and oxygen atoms in total. The fraction of sp³-hybridized carbons (Fsp3) is 0.300. The van der Waals surface area contributed by atoms with Crippen LogP contribution in [0.25, 0.3) is 11.1 Å². The second-order valence-corrected chi connectivity index (χ2v) is 5.32. The van der Waals surface area contributed by atoms with Crippen molar-refractivity contribution in [3.05, 3.63) is 24.3 Å². The van der Waals surface area contributed by atoms with Gasteiger partial charge in [0.2, 0.25) is 0 Å². The molecule has 2 aromatic rings. The summed E-state index contributed by atoms with van der Waals surface area (Å²) in [6.07, 6.45) is 0. The van der Waals surface area contributed by atoms with Gasteiger partial charge in [-0.05, 0) is 26.0 Å². The van der Waals surface area contributed by atoms with Gasteiger partial charge in [-0.15, -0.1) is 0 Å². The summed E-state index contributed by atoms with van der Waals surface area (Å²) in [4.78, 5) is 3.92. The highest BCUT2D eigenvalue weighted by molar-refractivity contribution is 7.89. The molecule has 1 N–H and O–H groups in total. The third-order valence-electron chi connectivity index (χ3n) is 1.90. The summed E-state index contributed by atoms with van der Waals surface area (Å²) in [5.74, 6) is 0. The van der Waals surface area contributed by atoms with Gasteiger partial charge in [0.15, 0.2) is 5.58 Å². The lowest BCUT2D eigenvalue weighted by Gasteiger charge is -2.04. The third-order valence-corrected chi connectivity index (χ3v) is 3.31. The Balaban J connectivity index is 2.48. The smallest absolute Gasteiger partial charge is 0.331 e. The summed E-state index contributed by atoms with van der Waals surface area (Å²) < 4.78 is 31.1. The fourth-order valence-corrected chi connectivity index (χ4v) is 2.47. The molecule has 0 bridgehead atoms. The van der Waals surface area contributed by atoms with Crippen LogP contribution in [0.4, 0.5) is 0 Å². The molecule has 2 rings (SSSR count). The third kappa shape index (κ3) is 2.07. The van der Waals surface area contributed by atoms with Crippen molar-refractivity contribution in [1.82, 2.24) is 9.71 Å². The Bertz CT molecular complexity index is 568. The highest BCUT2D eigenvalue weighted by Gasteiger charge is 2.22. The van der Waals surface area contributed by atoms with Crippen LogP contribution in [0.3, 0.4) is 0 Å². The van der Waals surface area contributed by atoms with Gasteiger partial charge in [-0.1, -0.05) is 12.1 Å². The Morgan fingerprint density at radius 3 is 2.62 bits per heavy atom. The van der Waals surface area contributed by atoms with Crippen molar-refractivity contribution < 1.29 is 12.8 Å². The van der Waals surface area contributed by atoms with Crippen LogP contribution in [0.15, 0.2) is 33.9 Å². The number of oxazole rings is 1. The molecular formula is C10H12N2O3S. The van der Waals surface area contributed by atoms with E-state index in [1.54, 1.807) is 38.1 Å². The molecule has 0 saturated carbocycles. The number of sulfonamides is 1. The first-order valence-corrected chi connectivity index (χ1v) is 6.35. The molecule has 0 amide bonds. The first kappa shape index (κ1) is 11.1. The second-order valence-electron chi connectivity index (χ2n) is 3.72. The van der Waals surface area contributed by atoms with Crippen LogP contribution < -0.4 is 4.72 Å². The number of para-hydroxylation sites is 2. The topological polar surface area (TPSA) is 72.2 Å². The van der Waals surface area contributed by atoms with Gasteiger partial charge in [-0.25, -0.2) is 13.1 Å². The van der Waals surface area contributed by atoms with Crippen LogP contribution in [-0.4, -0.2) is 19.4 Å². The van der Waals surface area contributed by atoms with Gasteiger partial charge in [0.1, 0.15) is 5.52 Å². The molecule has 0 radical (unpaired) electrons. The SMILES string of the molecule is CC(C)NS(=O)(=O)c1nc2ccccc2o1. The normalized spacial score (nSPS) is 12.4. The maximum atomic E-state index is 11.7. The van der Waals surface area contributed by atoms with Crippen molar-refractivity contribution in [2.75, 3.05) is 0 Å². The van der Waals surface area contributed by atoms with Crippen LogP contribution >= 0.6 is 0 Å². The molecule has 1 aromatic heterocycles. The molecule has 0 aliphatic rings. The standard InChI is InChI=1S/C10H12N2O3S/c1-7(2)12-16(13,14)10-11-8-5-3-4-6-9(8)15-10/h3-7,12H,1-2H3. The molecule has 6 heteroatoms. The minimum absolute atomic E-state index is 0.194. The van der Waals surface area contributed by atoms with E-state index >= 15 is 0 Å². The minimum Gasteiger partial charge on any atom is -0.427 e.